The summed E-state index contributed by atoms with van der Waals surface area (Å²) in [5, 5.41) is 0.774. The molecule has 2 aromatic heterocycles. The minimum atomic E-state index is -0.0559. The van der Waals surface area contributed by atoms with Crippen LogP contribution in [0.1, 0.15) is 9.67 Å². The smallest absolute Gasteiger partial charge is 0.266 e. The van der Waals surface area contributed by atoms with Crippen LogP contribution in [0.3, 0.4) is 0 Å². The van der Waals surface area contributed by atoms with Gasteiger partial charge in [-0.1, -0.05) is 0 Å². The molecule has 0 atom stereocenters. The zero-order valence-corrected chi connectivity index (χ0v) is 17.7. The molecule has 0 spiro atoms. The number of aromatic nitrogens is 2. The van der Waals surface area contributed by atoms with Crippen molar-refractivity contribution in [3.63, 3.8) is 0 Å². The van der Waals surface area contributed by atoms with E-state index in [0.717, 1.165) is 42.2 Å². The van der Waals surface area contributed by atoms with Gasteiger partial charge in [0.2, 0.25) is 5.95 Å². The number of nitrogens with two attached hydrogens (primary N) is 1. The average molecular weight is 435 g/mol. The number of thiophene rings is 1. The first kappa shape index (κ1) is 19.7. The molecule has 5 rings (SSSR count). The number of nitrogens with zero attached hydrogens (tertiary/aromatic N) is 5. The lowest BCUT2D eigenvalue weighted by atomic mass is 10.2. The molecule has 2 aromatic rings. The maximum Gasteiger partial charge on any atom is 0.266 e. The Morgan fingerprint density at radius 3 is 2.03 bits per heavy atom. The standard InChI is InChI=1S/C19H26N6O4S/c20-14-13-16(23-1-7-27-8-2-23)21-19(25-5-11-29-12-6-25)22-17(13)30-15(14)18(26)24-3-9-28-10-4-24/h1-12,20H2. The zero-order valence-electron chi connectivity index (χ0n) is 16.8. The van der Waals surface area contributed by atoms with Gasteiger partial charge in [0.1, 0.15) is 15.5 Å². The number of morpholine rings is 3. The Hall–Kier alpha value is -2.21. The lowest BCUT2D eigenvalue weighted by molar-refractivity contribution is 0.0307. The van der Waals surface area contributed by atoms with Gasteiger partial charge in [0.25, 0.3) is 5.91 Å². The Kier molecular flexibility index (Phi) is 5.59. The van der Waals surface area contributed by atoms with Crippen molar-refractivity contribution in [3.05, 3.63) is 4.88 Å². The third-order valence-electron chi connectivity index (χ3n) is 5.65. The van der Waals surface area contributed by atoms with Crippen molar-refractivity contribution in [2.75, 3.05) is 94.4 Å². The van der Waals surface area contributed by atoms with Gasteiger partial charge in [-0.3, -0.25) is 4.79 Å². The molecule has 3 aliphatic heterocycles. The highest BCUT2D eigenvalue weighted by atomic mass is 32.1. The van der Waals surface area contributed by atoms with E-state index in [-0.39, 0.29) is 5.91 Å². The number of amides is 1. The predicted octanol–water partition coefficient (Wildman–Crippen LogP) is 0.419. The van der Waals surface area contributed by atoms with Crippen LogP contribution in [0.4, 0.5) is 17.5 Å². The van der Waals surface area contributed by atoms with Gasteiger partial charge in [0.15, 0.2) is 0 Å². The highest BCUT2D eigenvalue weighted by Gasteiger charge is 2.29. The van der Waals surface area contributed by atoms with Gasteiger partial charge in [-0.15, -0.1) is 11.3 Å². The van der Waals surface area contributed by atoms with E-state index >= 15 is 0 Å². The Morgan fingerprint density at radius 1 is 0.833 bits per heavy atom. The van der Waals surface area contributed by atoms with Gasteiger partial charge in [0.05, 0.1) is 50.7 Å². The minimum Gasteiger partial charge on any atom is -0.397 e. The van der Waals surface area contributed by atoms with Crippen LogP contribution in [0, 0.1) is 0 Å². The Bertz CT molecular complexity index is 919. The van der Waals surface area contributed by atoms with E-state index in [4.69, 9.17) is 29.9 Å². The Morgan fingerprint density at radius 2 is 1.40 bits per heavy atom. The minimum absolute atomic E-state index is 0.0559. The monoisotopic (exact) mass is 434 g/mol. The molecule has 0 saturated carbocycles. The second-order valence-corrected chi connectivity index (χ2v) is 8.47. The molecule has 11 heteroatoms. The summed E-state index contributed by atoms with van der Waals surface area (Å²) in [5.74, 6) is 1.40. The molecule has 162 valence electrons. The van der Waals surface area contributed by atoms with Gasteiger partial charge in [-0.25, -0.2) is 4.98 Å². The van der Waals surface area contributed by atoms with Gasteiger partial charge < -0.3 is 34.6 Å². The average Bonchev–Trinajstić information content (AvgIpc) is 3.16. The number of rotatable bonds is 3. The molecule has 3 fully saturated rings. The van der Waals surface area contributed by atoms with E-state index in [9.17, 15) is 4.79 Å². The van der Waals surface area contributed by atoms with E-state index < -0.39 is 0 Å². The quantitative estimate of drug-likeness (QED) is 0.735. The van der Waals surface area contributed by atoms with Crippen LogP contribution in [0.25, 0.3) is 10.2 Å². The number of hydrogen-bond donors (Lipinski definition) is 1. The number of nitrogen functional groups attached to an aromatic ring is 1. The summed E-state index contributed by atoms with van der Waals surface area (Å²) in [5.41, 5.74) is 7.02. The van der Waals surface area contributed by atoms with Crippen LogP contribution >= 0.6 is 11.3 Å². The first-order valence-corrected chi connectivity index (χ1v) is 11.2. The fourth-order valence-electron chi connectivity index (χ4n) is 3.97. The molecule has 3 saturated heterocycles. The first-order valence-electron chi connectivity index (χ1n) is 10.3. The van der Waals surface area contributed by atoms with E-state index in [1.165, 1.54) is 11.3 Å². The van der Waals surface area contributed by atoms with Crippen LogP contribution in [0.15, 0.2) is 0 Å². The van der Waals surface area contributed by atoms with Crippen LogP contribution in [0.2, 0.25) is 0 Å². The van der Waals surface area contributed by atoms with Crippen LogP contribution in [-0.4, -0.2) is 99.7 Å². The molecule has 0 bridgehead atoms. The molecule has 30 heavy (non-hydrogen) atoms. The van der Waals surface area contributed by atoms with Crippen molar-refractivity contribution < 1.29 is 19.0 Å². The highest BCUT2D eigenvalue weighted by Crippen LogP contribution is 2.40. The Balaban J connectivity index is 1.58. The van der Waals surface area contributed by atoms with Crippen molar-refractivity contribution in [1.82, 2.24) is 14.9 Å². The summed E-state index contributed by atoms with van der Waals surface area (Å²) < 4.78 is 16.4. The van der Waals surface area contributed by atoms with Crippen molar-refractivity contribution in [3.8, 4) is 0 Å². The predicted molar refractivity (Wildman–Crippen MR) is 115 cm³/mol. The largest absolute Gasteiger partial charge is 0.397 e. The van der Waals surface area contributed by atoms with E-state index in [2.05, 4.69) is 9.80 Å². The van der Waals surface area contributed by atoms with E-state index in [1.54, 1.807) is 4.90 Å². The molecule has 3 aliphatic rings. The number of carbonyl (C=O) groups is 1. The van der Waals surface area contributed by atoms with Crippen molar-refractivity contribution in [2.24, 2.45) is 0 Å². The Labute approximate surface area is 178 Å². The third kappa shape index (κ3) is 3.66. The van der Waals surface area contributed by atoms with Crippen molar-refractivity contribution >= 4 is 44.9 Å². The lowest BCUT2D eigenvalue weighted by Gasteiger charge is -2.31. The molecule has 0 aliphatic carbocycles. The van der Waals surface area contributed by atoms with Crippen molar-refractivity contribution in [1.29, 1.82) is 0 Å². The number of anilines is 3. The maximum atomic E-state index is 13.2. The van der Waals surface area contributed by atoms with Crippen molar-refractivity contribution in [2.45, 2.75) is 0 Å². The number of fused-ring (bicyclic) bond motifs is 1. The van der Waals surface area contributed by atoms with Crippen LogP contribution in [0.5, 0.6) is 0 Å². The SMILES string of the molecule is Nc1c(C(=O)N2CCOCC2)sc2nc(N3CCOCC3)nc(N3CCOCC3)c12. The molecule has 0 unspecified atom stereocenters. The molecule has 0 aromatic carbocycles. The molecular weight excluding hydrogens is 408 g/mol. The van der Waals surface area contributed by atoms with Gasteiger partial charge in [0, 0.05) is 39.3 Å². The molecule has 5 heterocycles. The summed E-state index contributed by atoms with van der Waals surface area (Å²) in [6.07, 6.45) is 0. The first-order chi connectivity index (χ1) is 14.7. The number of hydrogen-bond acceptors (Lipinski definition) is 10. The molecule has 1 amide bonds. The maximum absolute atomic E-state index is 13.2. The van der Waals surface area contributed by atoms with Gasteiger partial charge in [-0.05, 0) is 0 Å². The fourth-order valence-corrected chi connectivity index (χ4v) is 5.02. The summed E-state index contributed by atoms with van der Waals surface area (Å²) in [4.78, 5) is 30.3. The van der Waals surface area contributed by atoms with E-state index in [1.807, 2.05) is 0 Å². The summed E-state index contributed by atoms with van der Waals surface area (Å²) in [6, 6.07) is 0. The second kappa shape index (κ2) is 8.50. The highest BCUT2D eigenvalue weighted by molar-refractivity contribution is 7.21. The number of carbonyl (C=O) groups excluding carboxylic acids is 1. The fraction of sp³-hybridized carbons (Fsp3) is 0.632. The summed E-state index contributed by atoms with van der Waals surface area (Å²) >= 11 is 1.36. The number of ether oxygens (including phenoxy) is 3. The molecular formula is C19H26N6O4S. The van der Waals surface area contributed by atoms with Gasteiger partial charge >= 0.3 is 0 Å². The van der Waals surface area contributed by atoms with Gasteiger partial charge in [-0.2, -0.15) is 4.98 Å². The third-order valence-corrected chi connectivity index (χ3v) is 6.74. The summed E-state index contributed by atoms with van der Waals surface area (Å²) in [7, 11) is 0. The molecule has 0 radical (unpaired) electrons. The van der Waals surface area contributed by atoms with E-state index in [0.29, 0.717) is 69.2 Å². The second-order valence-electron chi connectivity index (χ2n) is 7.48. The normalized spacial score (nSPS) is 20.7. The zero-order chi connectivity index (χ0) is 20.5. The molecule has 10 nitrogen and oxygen atoms in total. The van der Waals surface area contributed by atoms with Crippen LogP contribution in [-0.2, 0) is 14.2 Å². The molecule has 2 N–H and O–H groups in total. The summed E-state index contributed by atoms with van der Waals surface area (Å²) in [6.45, 7) is 7.80. The topological polar surface area (TPSA) is 106 Å². The lowest BCUT2D eigenvalue weighted by Crippen LogP contribution is -2.40. The van der Waals surface area contributed by atoms with Crippen LogP contribution < -0.4 is 15.5 Å².